The Balaban J connectivity index is 1.52. The summed E-state index contributed by atoms with van der Waals surface area (Å²) in [6, 6.07) is 12.0. The zero-order valence-electron chi connectivity index (χ0n) is 17.6. The molecule has 31 heavy (non-hydrogen) atoms. The summed E-state index contributed by atoms with van der Waals surface area (Å²) in [4.78, 5) is 4.21. The number of nitrogens with zero attached hydrogens (tertiary/aromatic N) is 1. The molecule has 0 bridgehead atoms. The van der Waals surface area contributed by atoms with Crippen LogP contribution in [-0.4, -0.2) is 46.2 Å². The number of benzene rings is 2. The molecular formula is C22H26F3N3O3. The monoisotopic (exact) mass is 437 g/mol. The average molecular weight is 437 g/mol. The van der Waals surface area contributed by atoms with Gasteiger partial charge in [-0.25, -0.2) is 0 Å². The molecule has 9 heteroatoms. The third-order valence-corrected chi connectivity index (χ3v) is 5.03. The highest BCUT2D eigenvalue weighted by molar-refractivity contribution is 5.80. The number of ether oxygens (including phenoxy) is 3. The summed E-state index contributed by atoms with van der Waals surface area (Å²) in [5, 5.41) is 6.50. The highest BCUT2D eigenvalue weighted by Crippen LogP contribution is 2.45. The lowest BCUT2D eigenvalue weighted by Gasteiger charge is -2.15. The molecule has 0 spiro atoms. The van der Waals surface area contributed by atoms with Gasteiger partial charge in [-0.3, -0.25) is 4.99 Å². The molecule has 0 amide bonds. The van der Waals surface area contributed by atoms with Gasteiger partial charge in [0.25, 0.3) is 0 Å². The molecule has 2 atom stereocenters. The fourth-order valence-electron chi connectivity index (χ4n) is 3.43. The first-order valence-electron chi connectivity index (χ1n) is 9.87. The molecule has 0 heterocycles. The lowest BCUT2D eigenvalue weighted by Crippen LogP contribution is -2.39. The van der Waals surface area contributed by atoms with Gasteiger partial charge >= 0.3 is 6.36 Å². The minimum absolute atomic E-state index is 0.00901. The van der Waals surface area contributed by atoms with Crippen molar-refractivity contribution in [2.75, 3.05) is 27.8 Å². The van der Waals surface area contributed by atoms with Gasteiger partial charge in [-0.05, 0) is 42.2 Å². The van der Waals surface area contributed by atoms with E-state index in [-0.39, 0.29) is 17.7 Å². The summed E-state index contributed by atoms with van der Waals surface area (Å²) < 4.78 is 52.7. The number of hydrogen-bond acceptors (Lipinski definition) is 4. The van der Waals surface area contributed by atoms with Crippen molar-refractivity contribution in [3.8, 4) is 17.2 Å². The van der Waals surface area contributed by atoms with Crippen molar-refractivity contribution < 1.29 is 27.4 Å². The number of guanidine groups is 1. The minimum Gasteiger partial charge on any atom is -0.493 e. The fraction of sp³-hybridized carbons (Fsp3) is 0.409. The van der Waals surface area contributed by atoms with Crippen LogP contribution in [0.5, 0.6) is 17.2 Å². The van der Waals surface area contributed by atoms with E-state index in [9.17, 15) is 13.2 Å². The predicted molar refractivity (Wildman–Crippen MR) is 112 cm³/mol. The van der Waals surface area contributed by atoms with Gasteiger partial charge < -0.3 is 24.8 Å². The first-order valence-corrected chi connectivity index (χ1v) is 9.87. The molecule has 2 N–H and O–H groups in total. The second-order valence-corrected chi connectivity index (χ2v) is 7.12. The van der Waals surface area contributed by atoms with Crippen molar-refractivity contribution in [1.82, 2.24) is 10.6 Å². The lowest BCUT2D eigenvalue weighted by molar-refractivity contribution is -0.274. The molecule has 0 saturated heterocycles. The maximum absolute atomic E-state index is 12.7. The van der Waals surface area contributed by atoms with Crippen LogP contribution in [-0.2, 0) is 6.42 Å². The van der Waals surface area contributed by atoms with Crippen molar-refractivity contribution in [2.24, 2.45) is 4.99 Å². The number of rotatable bonds is 8. The molecule has 2 unspecified atom stereocenters. The first-order chi connectivity index (χ1) is 14.8. The maximum Gasteiger partial charge on any atom is 0.573 e. The van der Waals surface area contributed by atoms with Crippen LogP contribution in [0.15, 0.2) is 47.5 Å². The summed E-state index contributed by atoms with van der Waals surface area (Å²) in [6.45, 7) is 0.625. The fourth-order valence-corrected chi connectivity index (χ4v) is 3.43. The molecule has 168 valence electrons. The van der Waals surface area contributed by atoms with Crippen LogP contribution >= 0.6 is 0 Å². The highest BCUT2D eigenvalue weighted by atomic mass is 19.4. The van der Waals surface area contributed by atoms with Gasteiger partial charge in [0.2, 0.25) is 0 Å². The van der Waals surface area contributed by atoms with E-state index in [0.717, 1.165) is 12.0 Å². The zero-order chi connectivity index (χ0) is 22.4. The average Bonchev–Trinajstić information content (AvgIpc) is 3.51. The number of hydrogen-bond donors (Lipinski definition) is 2. The van der Waals surface area contributed by atoms with Gasteiger partial charge in [-0.15, -0.1) is 13.2 Å². The molecule has 1 fully saturated rings. The van der Waals surface area contributed by atoms with Gasteiger partial charge in [0.1, 0.15) is 5.75 Å². The number of para-hydroxylation sites is 1. The van der Waals surface area contributed by atoms with Crippen LogP contribution in [0.3, 0.4) is 0 Å². The van der Waals surface area contributed by atoms with Crippen LogP contribution < -0.4 is 24.8 Å². The molecule has 3 rings (SSSR count). The van der Waals surface area contributed by atoms with Crippen molar-refractivity contribution in [3.05, 3.63) is 53.6 Å². The van der Waals surface area contributed by atoms with E-state index in [1.807, 2.05) is 18.2 Å². The molecule has 1 aliphatic rings. The Morgan fingerprint density at radius 1 is 1.06 bits per heavy atom. The van der Waals surface area contributed by atoms with Crippen molar-refractivity contribution in [1.29, 1.82) is 0 Å². The van der Waals surface area contributed by atoms with E-state index in [1.54, 1.807) is 33.4 Å². The third-order valence-electron chi connectivity index (χ3n) is 5.03. The Kier molecular flexibility index (Phi) is 7.14. The number of nitrogens with one attached hydrogen (secondary N) is 2. The van der Waals surface area contributed by atoms with E-state index < -0.39 is 6.36 Å². The molecule has 6 nitrogen and oxygen atoms in total. The van der Waals surface area contributed by atoms with E-state index in [1.165, 1.54) is 12.1 Å². The van der Waals surface area contributed by atoms with Crippen molar-refractivity contribution in [3.63, 3.8) is 0 Å². The Bertz CT molecular complexity index is 918. The van der Waals surface area contributed by atoms with Crippen LogP contribution in [0.25, 0.3) is 0 Å². The van der Waals surface area contributed by atoms with Gasteiger partial charge in [0.05, 0.1) is 14.2 Å². The molecule has 2 aromatic rings. The standard InChI is InChI=1S/C22H26F3N3O3/c1-26-21(27-11-10-14-8-9-19(29-2)20(12-14)30-3)28-17-13-16(17)15-6-4-5-7-18(15)31-22(23,24)25/h4-9,12,16-17H,10-11,13H2,1-3H3,(H2,26,27,28). The second-order valence-electron chi connectivity index (χ2n) is 7.12. The van der Waals surface area contributed by atoms with Gasteiger partial charge in [-0.2, -0.15) is 0 Å². The van der Waals surface area contributed by atoms with Crippen LogP contribution in [0.1, 0.15) is 23.5 Å². The van der Waals surface area contributed by atoms with Crippen LogP contribution in [0.2, 0.25) is 0 Å². The highest BCUT2D eigenvalue weighted by Gasteiger charge is 2.42. The zero-order valence-corrected chi connectivity index (χ0v) is 17.6. The Hall–Kier alpha value is -3.10. The molecule has 0 aliphatic heterocycles. The Morgan fingerprint density at radius 3 is 2.48 bits per heavy atom. The van der Waals surface area contributed by atoms with Gasteiger partial charge in [0, 0.05) is 25.6 Å². The summed E-state index contributed by atoms with van der Waals surface area (Å²) in [5.74, 6) is 1.72. The minimum atomic E-state index is -4.71. The molecule has 1 aliphatic carbocycles. The molecular weight excluding hydrogens is 411 g/mol. The van der Waals surface area contributed by atoms with Crippen LogP contribution in [0, 0.1) is 0 Å². The van der Waals surface area contributed by atoms with Gasteiger partial charge in [0.15, 0.2) is 17.5 Å². The van der Waals surface area contributed by atoms with E-state index in [4.69, 9.17) is 9.47 Å². The third kappa shape index (κ3) is 6.19. The van der Waals surface area contributed by atoms with Crippen molar-refractivity contribution in [2.45, 2.75) is 31.2 Å². The SMILES string of the molecule is CN=C(NCCc1ccc(OC)c(OC)c1)NC1CC1c1ccccc1OC(F)(F)F. The largest absolute Gasteiger partial charge is 0.573 e. The molecule has 1 saturated carbocycles. The number of alkyl halides is 3. The Labute approximate surface area is 179 Å². The second kappa shape index (κ2) is 9.80. The van der Waals surface area contributed by atoms with Crippen LogP contribution in [0.4, 0.5) is 13.2 Å². The smallest absolute Gasteiger partial charge is 0.493 e. The summed E-state index contributed by atoms with van der Waals surface area (Å²) in [5.41, 5.74) is 1.61. The molecule has 2 aromatic carbocycles. The first kappa shape index (κ1) is 22.6. The van der Waals surface area contributed by atoms with E-state index >= 15 is 0 Å². The quantitative estimate of drug-likeness (QED) is 0.485. The summed E-state index contributed by atoms with van der Waals surface area (Å²) in [6.07, 6.45) is -3.28. The lowest BCUT2D eigenvalue weighted by atomic mass is 10.1. The number of aliphatic imine (C=N–C) groups is 1. The Morgan fingerprint density at radius 2 is 1.81 bits per heavy atom. The predicted octanol–water partition coefficient (Wildman–Crippen LogP) is 3.87. The number of halogens is 3. The van der Waals surface area contributed by atoms with E-state index in [2.05, 4.69) is 20.4 Å². The van der Waals surface area contributed by atoms with Crippen molar-refractivity contribution >= 4 is 5.96 Å². The molecule has 0 radical (unpaired) electrons. The summed E-state index contributed by atoms with van der Waals surface area (Å²) in [7, 11) is 4.84. The van der Waals surface area contributed by atoms with Gasteiger partial charge in [-0.1, -0.05) is 24.3 Å². The maximum atomic E-state index is 12.7. The molecule has 0 aromatic heterocycles. The normalized spacial score (nSPS) is 18.3. The number of methoxy groups -OCH3 is 2. The van der Waals surface area contributed by atoms with E-state index in [0.29, 0.717) is 36.0 Å². The summed E-state index contributed by atoms with van der Waals surface area (Å²) >= 11 is 0. The topological polar surface area (TPSA) is 64.1 Å².